The third-order valence-corrected chi connectivity index (χ3v) is 3.55. The normalized spacial score (nSPS) is 21.7. The van der Waals surface area contributed by atoms with Crippen molar-refractivity contribution in [2.75, 3.05) is 11.1 Å². The van der Waals surface area contributed by atoms with Crippen LogP contribution in [0.5, 0.6) is 0 Å². The molecule has 4 heteroatoms. The van der Waals surface area contributed by atoms with Crippen molar-refractivity contribution in [3.05, 3.63) is 23.3 Å². The van der Waals surface area contributed by atoms with Crippen LogP contribution in [0.1, 0.15) is 42.1 Å². The maximum atomic E-state index is 11.1. The highest BCUT2D eigenvalue weighted by Gasteiger charge is 2.35. The van der Waals surface area contributed by atoms with Crippen molar-refractivity contribution in [3.8, 4) is 0 Å². The van der Waals surface area contributed by atoms with Gasteiger partial charge in [-0.1, -0.05) is 13.3 Å². The van der Waals surface area contributed by atoms with E-state index in [9.17, 15) is 4.79 Å². The first-order chi connectivity index (χ1) is 8.52. The Kier molecular flexibility index (Phi) is 3.45. The molecule has 0 radical (unpaired) electrons. The van der Waals surface area contributed by atoms with Crippen molar-refractivity contribution in [2.24, 2.45) is 5.92 Å². The Hall–Kier alpha value is -1.71. The average molecular weight is 248 g/mol. The summed E-state index contributed by atoms with van der Waals surface area (Å²) in [5.74, 6) is -0.235. The lowest BCUT2D eigenvalue weighted by atomic mass is 10.1. The number of nitrogens with two attached hydrogens (primary N) is 1. The zero-order valence-corrected chi connectivity index (χ0v) is 10.9. The van der Waals surface area contributed by atoms with E-state index in [1.807, 2.05) is 13.0 Å². The predicted molar refractivity (Wildman–Crippen MR) is 73.0 cm³/mol. The molecule has 0 saturated heterocycles. The average Bonchev–Trinajstić information content (AvgIpc) is 3.01. The van der Waals surface area contributed by atoms with E-state index < -0.39 is 5.97 Å². The molecule has 1 saturated carbocycles. The molecule has 1 fully saturated rings. The van der Waals surface area contributed by atoms with E-state index in [4.69, 9.17) is 10.8 Å². The van der Waals surface area contributed by atoms with Crippen LogP contribution in [0.4, 0.5) is 11.4 Å². The highest BCUT2D eigenvalue weighted by atomic mass is 16.4. The first-order valence-electron chi connectivity index (χ1n) is 6.42. The molecule has 0 spiro atoms. The number of aryl methyl sites for hydroxylation is 1. The molecular weight excluding hydrogens is 228 g/mol. The summed E-state index contributed by atoms with van der Waals surface area (Å²) < 4.78 is 0. The molecule has 1 aliphatic rings. The van der Waals surface area contributed by atoms with Gasteiger partial charge < -0.3 is 16.2 Å². The largest absolute Gasteiger partial charge is 0.478 e. The molecule has 0 amide bonds. The van der Waals surface area contributed by atoms with E-state index >= 15 is 0 Å². The molecule has 2 rings (SSSR count). The van der Waals surface area contributed by atoms with Crippen LogP contribution < -0.4 is 11.1 Å². The summed E-state index contributed by atoms with van der Waals surface area (Å²) in [7, 11) is 0. The summed E-state index contributed by atoms with van der Waals surface area (Å²) in [4.78, 5) is 11.1. The summed E-state index contributed by atoms with van der Waals surface area (Å²) in [5.41, 5.74) is 7.98. The highest BCUT2D eigenvalue weighted by molar-refractivity contribution is 5.95. The molecule has 0 aliphatic heterocycles. The van der Waals surface area contributed by atoms with Gasteiger partial charge in [0, 0.05) is 17.4 Å². The van der Waals surface area contributed by atoms with Crippen LogP contribution in [0.3, 0.4) is 0 Å². The number of nitrogens with one attached hydrogen (secondary N) is 1. The Balaban J connectivity index is 2.12. The highest BCUT2D eigenvalue weighted by Crippen LogP contribution is 2.38. The number of rotatable bonds is 5. The monoisotopic (exact) mass is 248 g/mol. The molecule has 1 aromatic carbocycles. The van der Waals surface area contributed by atoms with Crippen molar-refractivity contribution < 1.29 is 9.90 Å². The van der Waals surface area contributed by atoms with Crippen LogP contribution in [-0.2, 0) is 0 Å². The minimum atomic E-state index is -0.972. The third kappa shape index (κ3) is 2.58. The zero-order chi connectivity index (χ0) is 13.3. The number of nitrogen functional groups attached to an aromatic ring is 1. The van der Waals surface area contributed by atoms with E-state index in [-0.39, 0.29) is 5.56 Å². The summed E-state index contributed by atoms with van der Waals surface area (Å²) >= 11 is 0. The van der Waals surface area contributed by atoms with Crippen LogP contribution in [0.2, 0.25) is 0 Å². The molecule has 4 N–H and O–H groups in total. The van der Waals surface area contributed by atoms with Gasteiger partial charge in [0.15, 0.2) is 0 Å². The van der Waals surface area contributed by atoms with Crippen molar-refractivity contribution in [3.63, 3.8) is 0 Å². The fourth-order valence-electron chi connectivity index (χ4n) is 2.39. The van der Waals surface area contributed by atoms with Crippen LogP contribution in [-0.4, -0.2) is 17.1 Å². The van der Waals surface area contributed by atoms with Crippen LogP contribution >= 0.6 is 0 Å². The van der Waals surface area contributed by atoms with Crippen molar-refractivity contribution in [1.29, 1.82) is 0 Å². The molecule has 4 nitrogen and oxygen atoms in total. The van der Waals surface area contributed by atoms with E-state index in [0.29, 0.717) is 11.7 Å². The molecule has 98 valence electrons. The van der Waals surface area contributed by atoms with Crippen LogP contribution in [0.15, 0.2) is 12.1 Å². The Morgan fingerprint density at radius 3 is 2.89 bits per heavy atom. The molecule has 1 aromatic rings. The number of benzene rings is 1. The lowest BCUT2D eigenvalue weighted by molar-refractivity contribution is 0.0698. The smallest absolute Gasteiger partial charge is 0.337 e. The Morgan fingerprint density at radius 2 is 2.28 bits per heavy atom. The van der Waals surface area contributed by atoms with Gasteiger partial charge in [0.05, 0.1) is 5.56 Å². The Labute approximate surface area is 107 Å². The Bertz CT molecular complexity index is 471. The van der Waals surface area contributed by atoms with Gasteiger partial charge in [0.2, 0.25) is 0 Å². The van der Waals surface area contributed by atoms with E-state index in [2.05, 4.69) is 12.2 Å². The summed E-state index contributed by atoms with van der Waals surface area (Å²) in [5, 5.41) is 12.5. The Morgan fingerprint density at radius 1 is 1.56 bits per heavy atom. The molecule has 2 unspecified atom stereocenters. The quantitative estimate of drug-likeness (QED) is 0.700. The van der Waals surface area contributed by atoms with Gasteiger partial charge in [0.1, 0.15) is 0 Å². The van der Waals surface area contributed by atoms with Gasteiger partial charge in [0.25, 0.3) is 0 Å². The number of aromatic carboxylic acids is 1. The van der Waals surface area contributed by atoms with Crippen molar-refractivity contribution in [2.45, 2.75) is 39.2 Å². The molecule has 0 aromatic heterocycles. The van der Waals surface area contributed by atoms with Gasteiger partial charge in [-0.15, -0.1) is 0 Å². The maximum absolute atomic E-state index is 11.1. The number of carboxylic acids is 1. The van der Waals surface area contributed by atoms with E-state index in [1.165, 1.54) is 19.3 Å². The molecule has 2 atom stereocenters. The standard InChI is InChI=1S/C14H20N2O2/c1-3-4-9-6-12(9)16-10-5-8(2)13(15)11(7-10)14(17)18/h5,7,9,12,16H,3-4,6,15H2,1-2H3,(H,17,18). The summed E-state index contributed by atoms with van der Waals surface area (Å²) in [6.45, 7) is 4.02. The predicted octanol–water partition coefficient (Wildman–Crippen LogP) is 2.88. The van der Waals surface area contributed by atoms with Gasteiger partial charge in [-0.2, -0.15) is 0 Å². The fourth-order valence-corrected chi connectivity index (χ4v) is 2.39. The van der Waals surface area contributed by atoms with Crippen LogP contribution in [0, 0.1) is 12.8 Å². The number of carboxylic acid groups (broad SMARTS) is 1. The van der Waals surface area contributed by atoms with Crippen LogP contribution in [0.25, 0.3) is 0 Å². The van der Waals surface area contributed by atoms with Crippen molar-refractivity contribution >= 4 is 17.3 Å². The summed E-state index contributed by atoms with van der Waals surface area (Å²) in [6.07, 6.45) is 3.61. The first-order valence-corrected chi connectivity index (χ1v) is 6.42. The second-order valence-electron chi connectivity index (χ2n) is 5.09. The summed E-state index contributed by atoms with van der Waals surface area (Å²) in [6, 6.07) is 4.05. The first kappa shape index (κ1) is 12.7. The molecule has 0 heterocycles. The lowest BCUT2D eigenvalue weighted by Crippen LogP contribution is -2.09. The molecule has 0 bridgehead atoms. The second-order valence-corrected chi connectivity index (χ2v) is 5.09. The molecule has 1 aliphatic carbocycles. The third-order valence-electron chi connectivity index (χ3n) is 3.55. The number of carbonyl (C=O) groups is 1. The minimum absolute atomic E-state index is 0.185. The van der Waals surface area contributed by atoms with E-state index in [1.54, 1.807) is 6.07 Å². The number of hydrogen-bond donors (Lipinski definition) is 3. The number of anilines is 2. The molecular formula is C14H20N2O2. The lowest BCUT2D eigenvalue weighted by Gasteiger charge is -2.11. The van der Waals surface area contributed by atoms with Gasteiger partial charge in [-0.3, -0.25) is 0 Å². The molecule has 18 heavy (non-hydrogen) atoms. The van der Waals surface area contributed by atoms with Gasteiger partial charge in [-0.25, -0.2) is 4.79 Å². The number of hydrogen-bond acceptors (Lipinski definition) is 3. The zero-order valence-electron chi connectivity index (χ0n) is 10.9. The van der Waals surface area contributed by atoms with Gasteiger partial charge >= 0.3 is 5.97 Å². The van der Waals surface area contributed by atoms with Gasteiger partial charge in [-0.05, 0) is 43.4 Å². The van der Waals surface area contributed by atoms with Crippen molar-refractivity contribution in [1.82, 2.24) is 0 Å². The SMILES string of the molecule is CCCC1CC1Nc1cc(C)c(N)c(C(=O)O)c1. The van der Waals surface area contributed by atoms with E-state index in [0.717, 1.165) is 17.2 Å². The minimum Gasteiger partial charge on any atom is -0.478 e. The fraction of sp³-hybridized carbons (Fsp3) is 0.500. The second kappa shape index (κ2) is 4.88. The topological polar surface area (TPSA) is 75.3 Å². The maximum Gasteiger partial charge on any atom is 0.337 e.